The maximum atomic E-state index is 12.9. The zero-order valence-corrected chi connectivity index (χ0v) is 43.5. The van der Waals surface area contributed by atoms with Crippen molar-refractivity contribution in [3.63, 3.8) is 0 Å². The Balaban J connectivity index is -0.000000210. The predicted octanol–water partition coefficient (Wildman–Crippen LogP) is 3.95. The molecule has 0 aliphatic carbocycles. The van der Waals surface area contributed by atoms with Crippen LogP contribution in [-0.4, -0.2) is 108 Å². The highest BCUT2D eigenvalue weighted by Crippen LogP contribution is 2.24. The lowest BCUT2D eigenvalue weighted by atomic mass is 9.97. The molecule has 24 nitrogen and oxygen atoms in total. The molecule has 0 saturated carbocycles. The molecular weight excluding hydrogens is 1080 g/mol. The molecule has 5 atom stereocenters. The van der Waals surface area contributed by atoms with Gasteiger partial charge in [-0.3, -0.25) is 0 Å². The summed E-state index contributed by atoms with van der Waals surface area (Å²) in [6, 6.07) is 0. The minimum atomic E-state index is -5.27. The number of nitrogens with two attached hydrogens (primary N) is 3. The number of nitroso groups, excluding NO2 is 3. The van der Waals surface area contributed by atoms with E-state index in [4.69, 9.17) is 14.7 Å². The van der Waals surface area contributed by atoms with Gasteiger partial charge in [-0.05, 0) is 67.9 Å². The van der Waals surface area contributed by atoms with E-state index in [1.165, 1.54) is 0 Å². The smallest absolute Gasteiger partial charge is 0.211 e. The summed E-state index contributed by atoms with van der Waals surface area (Å²) in [6.45, 7) is 11.7. The van der Waals surface area contributed by atoms with Crippen molar-refractivity contribution in [2.45, 2.75) is 136 Å². The summed E-state index contributed by atoms with van der Waals surface area (Å²) in [6.07, 6.45) is 8.91. The third-order valence-electron chi connectivity index (χ3n) is 8.19. The maximum absolute atomic E-state index is 12.9. The van der Waals surface area contributed by atoms with Crippen LogP contribution in [0, 0.1) is 26.6 Å². The molecule has 0 heterocycles. The first-order valence-corrected chi connectivity index (χ1v) is 28.4. The average molecular weight is 1150 g/mol. The first-order valence-electron chi connectivity index (χ1n) is 19.7. The fraction of sp³-hybridized carbons (Fsp3) is 1.00. The Bertz CT molecular complexity index is 2000. The number of rotatable bonds is 30. The number of hydrogen-bond donors (Lipinski definition) is 3. The van der Waals surface area contributed by atoms with E-state index in [1.807, 2.05) is 41.5 Å². The molecular formula is C29H67F9N9O15S6+3. The van der Waals surface area contributed by atoms with Gasteiger partial charge in [0.2, 0.25) is 0 Å². The number of halogens is 9. The number of hydrogen-bond acceptors (Lipinski definition) is 15. The van der Waals surface area contributed by atoms with Gasteiger partial charge in [0.1, 0.15) is 0 Å². The molecule has 0 aliphatic heterocycles. The topological polar surface area (TPSA) is 356 Å². The van der Waals surface area contributed by atoms with Gasteiger partial charge >= 0.3 is 47.9 Å². The number of alkyl halides is 6. The summed E-state index contributed by atoms with van der Waals surface area (Å²) < 4.78 is 231. The van der Waals surface area contributed by atoms with Crippen molar-refractivity contribution in [2.75, 3.05) is 40.3 Å². The van der Waals surface area contributed by atoms with Crippen molar-refractivity contribution < 1.29 is 108 Å². The Morgan fingerprint density at radius 1 is 0.441 bits per heavy atom. The lowest BCUT2D eigenvalue weighted by Crippen LogP contribution is -2.38. The molecule has 414 valence electrons. The van der Waals surface area contributed by atoms with E-state index >= 15 is 0 Å². The van der Waals surface area contributed by atoms with E-state index in [2.05, 4.69) is 41.2 Å². The van der Waals surface area contributed by atoms with Gasteiger partial charge in [-0.2, -0.15) is 64.5 Å². The molecule has 5 unspecified atom stereocenters. The van der Waals surface area contributed by atoms with Gasteiger partial charge in [0.05, 0.1) is 0 Å². The minimum Gasteiger partial charge on any atom is -0.211 e. The summed E-state index contributed by atoms with van der Waals surface area (Å²) in [5.41, 5.74) is 9.75. The van der Waals surface area contributed by atoms with Crippen LogP contribution in [0.2, 0.25) is 0 Å². The molecule has 0 fully saturated rings. The van der Waals surface area contributed by atoms with Gasteiger partial charge < -0.3 is 0 Å². The van der Waals surface area contributed by atoms with Crippen LogP contribution in [0.15, 0.2) is 11.3 Å². The Morgan fingerprint density at radius 3 is 0.897 bits per heavy atom. The molecule has 0 aromatic heterocycles. The van der Waals surface area contributed by atoms with Crippen LogP contribution in [0.4, 0.5) is 39.9 Å². The molecule has 0 rings (SSSR count). The monoisotopic (exact) mass is 1140 g/mol. The third-order valence-corrected chi connectivity index (χ3v) is 17.7. The van der Waals surface area contributed by atoms with Crippen molar-refractivity contribution in [3.8, 4) is 0 Å². The summed E-state index contributed by atoms with van der Waals surface area (Å²) in [5, 5.41) is 0. The normalized spacial score (nSPS) is 15.2. The van der Waals surface area contributed by atoms with Crippen LogP contribution in [0.25, 0.3) is 0 Å². The first-order chi connectivity index (χ1) is 31.5. The first kappa shape index (κ1) is 77.1. The number of nitrogens with zero attached hydrogens (tertiary/aromatic N) is 6. The lowest BCUT2D eigenvalue weighted by molar-refractivity contribution is -0.143. The summed E-state index contributed by atoms with van der Waals surface area (Å²) in [4.78, 5) is 23.2. The van der Waals surface area contributed by atoms with E-state index in [1.54, 1.807) is 0 Å². The molecule has 39 heteroatoms. The lowest BCUT2D eigenvalue weighted by Gasteiger charge is -2.28. The van der Waals surface area contributed by atoms with Gasteiger partial charge in [-0.25, -0.2) is 12.6 Å². The van der Waals surface area contributed by atoms with Gasteiger partial charge in [0, 0.05) is 55.0 Å². The van der Waals surface area contributed by atoms with E-state index < -0.39 is 77.9 Å². The Morgan fingerprint density at radius 2 is 0.691 bits per heavy atom. The standard InChI is InChI=1S/C17H35F3N2O4S2.C9H19F3N2O4S2.C3H7F3N2O4S2.3H2NO/c1-5-9-11-15(7-3)13-22(14-16(8-4)12-10-6-2)28(24,25)21-27(23,26-20)17(18)19;1-3-5-7-14(8-6-4-2)20(16,17)13-19(15,18-12)9(10)11;1-8(2)14(10,11)7-13(9,12-6)3(4)5;3*1-2/h15-17H,5-14H2,1-4H3;9H,3-8H2,1-2H3;3H,1-2H3;3*1H2/q;;;3*+1. The fourth-order valence-electron chi connectivity index (χ4n) is 4.45. The molecule has 0 radical (unpaired) electrons. The average Bonchev–Trinajstić information content (AvgIpc) is 3.29. The van der Waals surface area contributed by atoms with Crippen LogP contribution in [0.5, 0.6) is 0 Å². The molecule has 68 heavy (non-hydrogen) atoms. The van der Waals surface area contributed by atoms with E-state index in [0.717, 1.165) is 61.2 Å². The quantitative estimate of drug-likeness (QED) is 0.0858. The zero-order valence-electron chi connectivity index (χ0n) is 38.6. The molecule has 0 aliphatic rings. The van der Waals surface area contributed by atoms with Crippen LogP contribution in [0.1, 0.15) is 119 Å². The van der Waals surface area contributed by atoms with Crippen molar-refractivity contribution >= 4 is 60.7 Å². The Kier molecular flexibility index (Phi) is 46.8. The molecule has 6 N–H and O–H groups in total. The SMILES string of the molecule is CCCCC(CC)CN(CC(CC)CCCC)S(=O)(=O)N=S(=O)(OF)C(F)F.CCCCN(CCCC)S(=O)(=O)N=S(=O)(OF)C(F)F.CN(C)S(=O)(=O)N=S(=O)(OF)C(F)F.[NH2+]=O.[NH2+]=O.[NH2+]=O. The largest absolute Gasteiger partial charge is 0.346 e. The molecule has 0 aromatic carbocycles. The highest BCUT2D eigenvalue weighted by Gasteiger charge is 2.34. The number of unbranched alkanes of at least 4 members (excludes halogenated alkanes) is 4. The highest BCUT2D eigenvalue weighted by molar-refractivity contribution is 8.00. The van der Waals surface area contributed by atoms with Gasteiger partial charge in [-0.1, -0.05) is 117 Å². The van der Waals surface area contributed by atoms with Crippen LogP contribution in [-0.2, 0) is 73.8 Å². The predicted molar refractivity (Wildman–Crippen MR) is 232 cm³/mol. The molecule has 0 amide bonds. The summed E-state index contributed by atoms with van der Waals surface area (Å²) in [7, 11) is -27.7. The van der Waals surface area contributed by atoms with Crippen molar-refractivity contribution in [1.29, 1.82) is 0 Å². The van der Waals surface area contributed by atoms with Crippen LogP contribution in [0.3, 0.4) is 0 Å². The van der Waals surface area contributed by atoms with Gasteiger partial charge in [0.25, 0.3) is 30.0 Å². The molecule has 0 spiro atoms. The van der Waals surface area contributed by atoms with Crippen molar-refractivity contribution in [2.24, 2.45) is 23.1 Å². The summed E-state index contributed by atoms with van der Waals surface area (Å²) in [5.74, 6) is -11.6. The van der Waals surface area contributed by atoms with Crippen LogP contribution < -0.4 is 16.8 Å². The van der Waals surface area contributed by atoms with E-state index in [9.17, 15) is 77.8 Å². The molecule has 0 saturated heterocycles. The highest BCUT2D eigenvalue weighted by atomic mass is 32.3. The van der Waals surface area contributed by atoms with Crippen molar-refractivity contribution in [1.82, 2.24) is 12.9 Å². The second kappa shape index (κ2) is 41.3. The van der Waals surface area contributed by atoms with Gasteiger partial charge in [0.15, 0.2) is 0 Å². The Hall–Kier alpha value is -2.37. The zero-order chi connectivity index (χ0) is 55.2. The second-order valence-corrected chi connectivity index (χ2v) is 24.0. The second-order valence-electron chi connectivity index (χ2n) is 13.2. The van der Waals surface area contributed by atoms with Crippen LogP contribution >= 0.6 is 0 Å². The minimum absolute atomic E-state index is 0.00232. The molecule has 0 aromatic rings. The third kappa shape index (κ3) is 31.8. The molecule has 0 bridgehead atoms. The van der Waals surface area contributed by atoms with Gasteiger partial charge in [-0.15, -0.1) is 0 Å². The maximum Gasteiger partial charge on any atom is 0.346 e. The summed E-state index contributed by atoms with van der Waals surface area (Å²) >= 11 is 0. The van der Waals surface area contributed by atoms with E-state index in [0.29, 0.717) is 42.8 Å². The Labute approximate surface area is 393 Å². The van der Waals surface area contributed by atoms with Crippen molar-refractivity contribution in [3.05, 3.63) is 14.7 Å². The van der Waals surface area contributed by atoms with E-state index in [-0.39, 0.29) is 38.0 Å². The fourth-order valence-corrected chi connectivity index (χ4v) is 11.6.